The summed E-state index contributed by atoms with van der Waals surface area (Å²) in [6.45, 7) is 1.63. The lowest BCUT2D eigenvalue weighted by Gasteiger charge is -2.10. The van der Waals surface area contributed by atoms with Crippen molar-refractivity contribution in [3.8, 4) is 0 Å². The van der Waals surface area contributed by atoms with Gasteiger partial charge in [-0.1, -0.05) is 12.1 Å². The van der Waals surface area contributed by atoms with E-state index in [1.807, 2.05) is 11.4 Å². The molecule has 1 unspecified atom stereocenters. The third-order valence-electron chi connectivity index (χ3n) is 2.01. The molecule has 0 heterocycles. The van der Waals surface area contributed by atoms with Gasteiger partial charge in [0.05, 0.1) is 11.9 Å². The van der Waals surface area contributed by atoms with E-state index in [9.17, 15) is 9.59 Å². The Bertz CT molecular complexity index is 423. The molecule has 92 valence electrons. The number of aliphatic hydroxyl groups excluding tert-OH is 1. The highest BCUT2D eigenvalue weighted by molar-refractivity contribution is 8.00. The number of imide groups is 1. The van der Waals surface area contributed by atoms with Crippen LogP contribution in [0.4, 0.5) is 4.79 Å². The third-order valence-corrected chi connectivity index (χ3v) is 3.10. The van der Waals surface area contributed by atoms with Crippen molar-refractivity contribution < 1.29 is 14.7 Å². The number of aliphatic hydroxyl groups is 1. The predicted octanol–water partition coefficient (Wildman–Crippen LogP) is 0.854. The molecule has 1 rings (SSSR count). The lowest BCUT2D eigenvalue weighted by Crippen LogP contribution is -2.39. The van der Waals surface area contributed by atoms with E-state index >= 15 is 0 Å². The molecule has 0 aromatic heterocycles. The largest absolute Gasteiger partial charge is 0.392 e. The number of urea groups is 1. The van der Waals surface area contributed by atoms with Gasteiger partial charge in [0.25, 0.3) is 0 Å². The van der Waals surface area contributed by atoms with E-state index in [2.05, 4.69) is 0 Å². The van der Waals surface area contributed by atoms with Crippen LogP contribution in [-0.4, -0.2) is 22.3 Å². The first-order valence-electron chi connectivity index (χ1n) is 4.99. The van der Waals surface area contributed by atoms with Gasteiger partial charge < -0.3 is 10.8 Å². The van der Waals surface area contributed by atoms with Crippen LogP contribution in [0, 0.1) is 0 Å². The summed E-state index contributed by atoms with van der Waals surface area (Å²) in [6.07, 6.45) is 0. The number of nitrogens with two attached hydrogens (primary N) is 1. The average Bonchev–Trinajstić information content (AvgIpc) is 2.28. The molecule has 0 aliphatic rings. The zero-order valence-corrected chi connectivity index (χ0v) is 10.2. The lowest BCUT2D eigenvalue weighted by atomic mass is 10.2. The molecule has 1 aromatic rings. The standard InChI is InChI=1S/C11H14N2O3S/c1-7(10(15)13-11(12)16)17-9-4-2-3-8(5-9)6-14/h2-5,7,14H,6H2,1H3,(H3,12,13,15,16). The number of amides is 3. The van der Waals surface area contributed by atoms with Crippen molar-refractivity contribution in [1.29, 1.82) is 0 Å². The number of primary amides is 1. The summed E-state index contributed by atoms with van der Waals surface area (Å²) in [7, 11) is 0. The molecular weight excluding hydrogens is 240 g/mol. The second-order valence-corrected chi connectivity index (χ2v) is 4.83. The molecule has 0 spiro atoms. The summed E-state index contributed by atoms with van der Waals surface area (Å²) < 4.78 is 0. The van der Waals surface area contributed by atoms with Crippen molar-refractivity contribution in [2.24, 2.45) is 5.73 Å². The van der Waals surface area contributed by atoms with E-state index in [0.717, 1.165) is 10.5 Å². The van der Waals surface area contributed by atoms with Crippen LogP contribution in [0.5, 0.6) is 0 Å². The maximum atomic E-state index is 11.4. The fourth-order valence-corrected chi connectivity index (χ4v) is 2.15. The van der Waals surface area contributed by atoms with Gasteiger partial charge in [-0.05, 0) is 24.6 Å². The molecule has 0 saturated carbocycles. The van der Waals surface area contributed by atoms with E-state index in [0.29, 0.717) is 0 Å². The molecular formula is C11H14N2O3S. The zero-order chi connectivity index (χ0) is 12.8. The Kier molecular flexibility index (Phi) is 4.99. The molecule has 4 N–H and O–H groups in total. The van der Waals surface area contributed by atoms with Crippen molar-refractivity contribution in [3.63, 3.8) is 0 Å². The number of carbonyl (C=O) groups is 2. The Morgan fingerprint density at radius 3 is 2.82 bits per heavy atom. The maximum absolute atomic E-state index is 11.4. The van der Waals surface area contributed by atoms with Gasteiger partial charge in [0, 0.05) is 4.90 Å². The Hall–Kier alpha value is -1.53. The van der Waals surface area contributed by atoms with Crippen LogP contribution in [-0.2, 0) is 11.4 Å². The maximum Gasteiger partial charge on any atom is 0.318 e. The smallest absolute Gasteiger partial charge is 0.318 e. The Balaban J connectivity index is 2.63. The van der Waals surface area contributed by atoms with Gasteiger partial charge >= 0.3 is 6.03 Å². The van der Waals surface area contributed by atoms with Crippen LogP contribution in [0.2, 0.25) is 0 Å². The van der Waals surface area contributed by atoms with Crippen LogP contribution in [0.1, 0.15) is 12.5 Å². The van der Waals surface area contributed by atoms with Crippen LogP contribution < -0.4 is 11.1 Å². The van der Waals surface area contributed by atoms with Gasteiger partial charge in [0.2, 0.25) is 5.91 Å². The first-order chi connectivity index (χ1) is 8.02. The van der Waals surface area contributed by atoms with Crippen molar-refractivity contribution in [2.45, 2.75) is 23.7 Å². The predicted molar refractivity (Wildman–Crippen MR) is 65.4 cm³/mol. The summed E-state index contributed by atoms with van der Waals surface area (Å²) in [4.78, 5) is 22.8. The quantitative estimate of drug-likeness (QED) is 0.695. The fraction of sp³-hybridized carbons (Fsp3) is 0.273. The minimum Gasteiger partial charge on any atom is -0.392 e. The van der Waals surface area contributed by atoms with Crippen molar-refractivity contribution in [2.75, 3.05) is 0 Å². The lowest BCUT2D eigenvalue weighted by molar-refractivity contribution is -0.119. The number of thioether (sulfide) groups is 1. The van der Waals surface area contributed by atoms with E-state index in [4.69, 9.17) is 10.8 Å². The monoisotopic (exact) mass is 254 g/mol. The van der Waals surface area contributed by atoms with Crippen LogP contribution >= 0.6 is 11.8 Å². The molecule has 17 heavy (non-hydrogen) atoms. The molecule has 0 saturated heterocycles. The van der Waals surface area contributed by atoms with E-state index in [1.165, 1.54) is 11.8 Å². The highest BCUT2D eigenvalue weighted by Crippen LogP contribution is 2.24. The molecule has 0 bridgehead atoms. The van der Waals surface area contributed by atoms with Crippen LogP contribution in [0.25, 0.3) is 0 Å². The zero-order valence-electron chi connectivity index (χ0n) is 9.34. The van der Waals surface area contributed by atoms with Gasteiger partial charge in [-0.15, -0.1) is 11.8 Å². The number of hydrogen-bond acceptors (Lipinski definition) is 4. The summed E-state index contributed by atoms with van der Waals surface area (Å²) in [5.41, 5.74) is 5.63. The van der Waals surface area contributed by atoms with Crippen molar-refractivity contribution in [3.05, 3.63) is 29.8 Å². The molecule has 0 aliphatic carbocycles. The number of nitrogens with one attached hydrogen (secondary N) is 1. The Labute approximate surface area is 103 Å². The van der Waals surface area contributed by atoms with Gasteiger partial charge in [0.1, 0.15) is 0 Å². The summed E-state index contributed by atoms with van der Waals surface area (Å²) >= 11 is 1.29. The highest BCUT2D eigenvalue weighted by Gasteiger charge is 2.15. The number of benzene rings is 1. The molecule has 0 radical (unpaired) electrons. The second kappa shape index (κ2) is 6.27. The second-order valence-electron chi connectivity index (χ2n) is 3.42. The first kappa shape index (κ1) is 13.5. The van der Waals surface area contributed by atoms with E-state index in [-0.39, 0.29) is 6.61 Å². The fourth-order valence-electron chi connectivity index (χ4n) is 1.20. The minimum absolute atomic E-state index is 0.0454. The molecule has 5 nitrogen and oxygen atoms in total. The van der Waals surface area contributed by atoms with Gasteiger partial charge in [-0.25, -0.2) is 4.79 Å². The van der Waals surface area contributed by atoms with Crippen LogP contribution in [0.3, 0.4) is 0 Å². The van der Waals surface area contributed by atoms with Crippen molar-refractivity contribution in [1.82, 2.24) is 5.32 Å². The van der Waals surface area contributed by atoms with Gasteiger partial charge in [-0.3, -0.25) is 10.1 Å². The minimum atomic E-state index is -0.855. The topological polar surface area (TPSA) is 92.4 Å². The van der Waals surface area contributed by atoms with Gasteiger partial charge in [-0.2, -0.15) is 0 Å². The molecule has 1 aromatic carbocycles. The average molecular weight is 254 g/mol. The number of rotatable bonds is 4. The molecule has 0 fully saturated rings. The Morgan fingerprint density at radius 1 is 1.53 bits per heavy atom. The number of carbonyl (C=O) groups excluding carboxylic acids is 2. The summed E-state index contributed by atoms with van der Waals surface area (Å²) in [5.74, 6) is -0.433. The molecule has 1 atom stereocenters. The molecule has 6 heteroatoms. The normalized spacial score (nSPS) is 11.9. The first-order valence-corrected chi connectivity index (χ1v) is 5.87. The third kappa shape index (κ3) is 4.46. The molecule has 0 aliphatic heterocycles. The van der Waals surface area contributed by atoms with E-state index in [1.54, 1.807) is 25.1 Å². The Morgan fingerprint density at radius 2 is 2.24 bits per heavy atom. The summed E-state index contributed by atoms with van der Waals surface area (Å²) in [6, 6.07) is 6.35. The highest BCUT2D eigenvalue weighted by atomic mass is 32.2. The van der Waals surface area contributed by atoms with E-state index < -0.39 is 17.2 Å². The van der Waals surface area contributed by atoms with Gasteiger partial charge in [0.15, 0.2) is 0 Å². The molecule has 3 amide bonds. The SMILES string of the molecule is CC(Sc1cccc(CO)c1)C(=O)NC(N)=O. The summed E-state index contributed by atoms with van der Waals surface area (Å²) in [5, 5.41) is 10.6. The van der Waals surface area contributed by atoms with Crippen molar-refractivity contribution >= 4 is 23.7 Å². The van der Waals surface area contributed by atoms with Crippen LogP contribution in [0.15, 0.2) is 29.2 Å². The number of hydrogen-bond donors (Lipinski definition) is 3.